The minimum atomic E-state index is -2.81. The van der Waals surface area contributed by atoms with E-state index in [4.69, 9.17) is 9.47 Å². The van der Waals surface area contributed by atoms with E-state index in [0.717, 1.165) is 37.4 Å². The van der Waals surface area contributed by atoms with E-state index >= 15 is 0 Å². The molecule has 0 aliphatic carbocycles. The fourth-order valence-electron chi connectivity index (χ4n) is 3.07. The zero-order chi connectivity index (χ0) is 24.0. The number of alkyl halides is 2. The van der Waals surface area contributed by atoms with Crippen molar-refractivity contribution in [3.63, 3.8) is 0 Å². The number of halogens is 2. The minimum absolute atomic E-state index is 0.0261. The van der Waals surface area contributed by atoms with Crippen LogP contribution in [0, 0.1) is 0 Å². The third kappa shape index (κ3) is 8.58. The molecule has 0 heterocycles. The highest BCUT2D eigenvalue weighted by molar-refractivity contribution is 5.79. The highest BCUT2D eigenvalue weighted by atomic mass is 19.3. The average Bonchev–Trinajstić information content (AvgIpc) is 2.66. The molecule has 0 aliphatic rings. The second-order valence-corrected chi connectivity index (χ2v) is 9.63. The van der Waals surface area contributed by atoms with Crippen LogP contribution in [0.5, 0.6) is 5.75 Å². The maximum absolute atomic E-state index is 13.3. The van der Waals surface area contributed by atoms with E-state index in [1.807, 2.05) is 45.0 Å². The van der Waals surface area contributed by atoms with E-state index in [-0.39, 0.29) is 5.56 Å². The molecule has 2 aromatic carbocycles. The van der Waals surface area contributed by atoms with Gasteiger partial charge < -0.3 is 14.8 Å². The zero-order valence-electron chi connectivity index (χ0n) is 19.9. The Kier molecular flexibility index (Phi) is 8.41. The predicted molar refractivity (Wildman–Crippen MR) is 123 cm³/mol. The Balaban J connectivity index is 1.80. The molecule has 0 saturated heterocycles. The topological polar surface area (TPSA) is 47.6 Å². The smallest absolute Gasteiger partial charge is 0.350 e. The molecule has 176 valence electrons. The largest absolute Gasteiger partial charge is 0.476 e. The molecule has 0 aromatic heterocycles. The Hall–Kier alpha value is -2.47. The van der Waals surface area contributed by atoms with Crippen LogP contribution in [0.3, 0.4) is 0 Å². The van der Waals surface area contributed by atoms with Gasteiger partial charge in [0.2, 0.25) is 0 Å². The quantitative estimate of drug-likeness (QED) is 0.357. The van der Waals surface area contributed by atoms with Crippen LogP contribution in [-0.4, -0.2) is 23.7 Å². The number of carbonyl (C=O) groups excluding carboxylic acids is 1. The first-order valence-corrected chi connectivity index (χ1v) is 11.0. The van der Waals surface area contributed by atoms with E-state index in [1.54, 1.807) is 26.0 Å². The van der Waals surface area contributed by atoms with Crippen molar-refractivity contribution in [2.75, 3.05) is 6.54 Å². The molecule has 0 spiro atoms. The molecule has 1 N–H and O–H groups in total. The highest BCUT2D eigenvalue weighted by Gasteiger charge is 2.34. The summed E-state index contributed by atoms with van der Waals surface area (Å²) in [6.07, 6.45) is 1.75. The van der Waals surface area contributed by atoms with Gasteiger partial charge in [-0.25, -0.2) is 13.6 Å². The molecule has 6 heteroatoms. The Bertz CT molecular complexity index is 881. The number of hydrogen-bond donors (Lipinski definition) is 1. The summed E-state index contributed by atoms with van der Waals surface area (Å²) in [5, 5.41) is 3.34. The summed E-state index contributed by atoms with van der Waals surface area (Å²) in [5.74, 6) is -2.60. The average molecular weight is 448 g/mol. The van der Waals surface area contributed by atoms with E-state index in [9.17, 15) is 13.6 Å². The van der Waals surface area contributed by atoms with Gasteiger partial charge in [0.25, 0.3) is 5.92 Å². The van der Waals surface area contributed by atoms with Crippen LogP contribution in [0.2, 0.25) is 0 Å². The van der Waals surface area contributed by atoms with Gasteiger partial charge in [0.15, 0.2) is 5.60 Å². The van der Waals surface area contributed by atoms with Gasteiger partial charge in [-0.1, -0.05) is 36.4 Å². The number of benzene rings is 2. The van der Waals surface area contributed by atoms with Crippen LogP contribution >= 0.6 is 0 Å². The van der Waals surface area contributed by atoms with Gasteiger partial charge in [-0.3, -0.25) is 0 Å². The van der Waals surface area contributed by atoms with Crippen molar-refractivity contribution in [3.05, 3.63) is 65.2 Å². The van der Waals surface area contributed by atoms with Gasteiger partial charge in [-0.05, 0) is 77.3 Å². The molecule has 0 bridgehead atoms. The fraction of sp³-hybridized carbons (Fsp3) is 0.500. The maximum Gasteiger partial charge on any atom is 0.350 e. The molecular formula is C26H35F2NO3. The number of aryl methyl sites for hydroxylation is 1. The van der Waals surface area contributed by atoms with Crippen LogP contribution in [-0.2, 0) is 28.4 Å². The van der Waals surface area contributed by atoms with Crippen LogP contribution in [0.25, 0.3) is 0 Å². The third-order valence-corrected chi connectivity index (χ3v) is 4.77. The third-order valence-electron chi connectivity index (χ3n) is 4.77. The van der Waals surface area contributed by atoms with Crippen molar-refractivity contribution >= 4 is 5.97 Å². The van der Waals surface area contributed by atoms with E-state index in [0.29, 0.717) is 12.3 Å². The van der Waals surface area contributed by atoms with Gasteiger partial charge in [0, 0.05) is 19.0 Å². The highest BCUT2D eigenvalue weighted by Crippen LogP contribution is 2.27. The second-order valence-electron chi connectivity index (χ2n) is 9.63. The number of esters is 1. The number of ether oxygens (including phenoxy) is 2. The molecule has 0 radical (unpaired) electrons. The Morgan fingerprint density at radius 1 is 0.938 bits per heavy atom. The van der Waals surface area contributed by atoms with Crippen molar-refractivity contribution in [1.29, 1.82) is 0 Å². The van der Waals surface area contributed by atoms with Crippen molar-refractivity contribution in [2.24, 2.45) is 0 Å². The summed E-state index contributed by atoms with van der Waals surface area (Å²) < 4.78 is 37.9. The van der Waals surface area contributed by atoms with Gasteiger partial charge in [0.05, 0.1) is 0 Å². The molecule has 0 aliphatic heterocycles. The summed E-state index contributed by atoms with van der Waals surface area (Å²) in [4.78, 5) is 12.4. The van der Waals surface area contributed by atoms with Crippen LogP contribution in [0.15, 0.2) is 48.5 Å². The first kappa shape index (κ1) is 25.8. The first-order chi connectivity index (χ1) is 14.8. The monoisotopic (exact) mass is 447 g/mol. The van der Waals surface area contributed by atoms with Crippen molar-refractivity contribution in [1.82, 2.24) is 5.32 Å². The predicted octanol–water partition coefficient (Wildman–Crippen LogP) is 6.02. The van der Waals surface area contributed by atoms with Gasteiger partial charge in [0.1, 0.15) is 11.4 Å². The van der Waals surface area contributed by atoms with E-state index in [1.165, 1.54) is 12.1 Å². The molecule has 0 fully saturated rings. The molecule has 0 unspecified atom stereocenters. The van der Waals surface area contributed by atoms with E-state index < -0.39 is 23.1 Å². The standard InChI is InChI=1S/C26H35F2NO3/c1-24(2,3)32-23(30)25(4,5)31-22-11-7-9-19(17-22)10-8-16-29-18-20-12-14-21(15-13-20)26(6,27)28/h7,9,11-15,17,29H,8,10,16,18H2,1-6H3. The molecule has 2 aromatic rings. The lowest BCUT2D eigenvalue weighted by Gasteiger charge is -2.29. The normalized spacial score (nSPS) is 12.5. The Morgan fingerprint density at radius 2 is 1.59 bits per heavy atom. The van der Waals surface area contributed by atoms with Crippen LogP contribution in [0.1, 0.15) is 64.7 Å². The van der Waals surface area contributed by atoms with Gasteiger partial charge in [-0.2, -0.15) is 0 Å². The molecule has 32 heavy (non-hydrogen) atoms. The lowest BCUT2D eigenvalue weighted by atomic mass is 10.1. The van der Waals surface area contributed by atoms with Crippen LogP contribution in [0.4, 0.5) is 8.78 Å². The lowest BCUT2D eigenvalue weighted by molar-refractivity contribution is -0.170. The van der Waals surface area contributed by atoms with Gasteiger partial charge in [-0.15, -0.1) is 0 Å². The molecule has 4 nitrogen and oxygen atoms in total. The molecular weight excluding hydrogens is 412 g/mol. The Labute approximate surface area is 190 Å². The number of hydrogen-bond acceptors (Lipinski definition) is 4. The molecule has 0 saturated carbocycles. The first-order valence-electron chi connectivity index (χ1n) is 11.0. The number of carbonyl (C=O) groups is 1. The lowest BCUT2D eigenvalue weighted by Crippen LogP contribution is -2.43. The van der Waals surface area contributed by atoms with Crippen molar-refractivity contribution in [2.45, 2.75) is 78.1 Å². The zero-order valence-corrected chi connectivity index (χ0v) is 19.9. The molecule has 0 atom stereocenters. The minimum Gasteiger partial charge on any atom is -0.476 e. The molecule has 2 rings (SSSR count). The van der Waals surface area contributed by atoms with E-state index in [2.05, 4.69) is 5.32 Å². The van der Waals surface area contributed by atoms with Gasteiger partial charge >= 0.3 is 5.97 Å². The van der Waals surface area contributed by atoms with Crippen molar-refractivity contribution in [3.8, 4) is 5.75 Å². The summed E-state index contributed by atoms with van der Waals surface area (Å²) in [5.41, 5.74) is 0.440. The number of nitrogens with one attached hydrogen (secondary N) is 1. The second kappa shape index (κ2) is 10.4. The SMILES string of the molecule is CC(C)(C)OC(=O)C(C)(C)Oc1cccc(CCCNCc2ccc(C(C)(F)F)cc2)c1. The number of rotatable bonds is 10. The maximum atomic E-state index is 13.3. The summed E-state index contributed by atoms with van der Waals surface area (Å²) in [6.45, 7) is 11.2. The Morgan fingerprint density at radius 3 is 2.19 bits per heavy atom. The van der Waals surface area contributed by atoms with Crippen LogP contribution < -0.4 is 10.1 Å². The fourth-order valence-corrected chi connectivity index (χ4v) is 3.07. The molecule has 0 amide bonds. The summed E-state index contributed by atoms with van der Waals surface area (Å²) >= 11 is 0. The summed E-state index contributed by atoms with van der Waals surface area (Å²) in [6, 6.07) is 14.1. The van der Waals surface area contributed by atoms with Crippen molar-refractivity contribution < 1.29 is 23.0 Å². The summed E-state index contributed by atoms with van der Waals surface area (Å²) in [7, 11) is 0.